The highest BCUT2D eigenvalue weighted by atomic mass is 16.8. The summed E-state index contributed by atoms with van der Waals surface area (Å²) in [5.41, 5.74) is 0.353. The summed E-state index contributed by atoms with van der Waals surface area (Å²) in [6.07, 6.45) is 6.63. The Balaban J connectivity index is 1.61. The molecule has 134 valence electrons. The normalized spacial score (nSPS) is 57.8. The Morgan fingerprint density at radius 1 is 1.04 bits per heavy atom. The Bertz CT molecular complexity index is 586. The number of ether oxygens (including phenoxy) is 2. The number of hydrogen-bond acceptors (Lipinski definition) is 4. The first-order valence-corrected chi connectivity index (χ1v) is 9.85. The van der Waals surface area contributed by atoms with Crippen LogP contribution in [0.15, 0.2) is 0 Å². The SMILES string of the molecule is CC1(C)CCC[C@]2(C)C3CCC4C(=O)OC5O[C@@H](O)C3(CC[C@@H]12)[C@H]54. The highest BCUT2D eigenvalue weighted by molar-refractivity contribution is 5.75. The van der Waals surface area contributed by atoms with Crippen molar-refractivity contribution in [1.29, 1.82) is 0 Å². The number of fused-ring (bicyclic) bond motifs is 2. The summed E-state index contributed by atoms with van der Waals surface area (Å²) in [5.74, 6) is 1.07. The number of aliphatic hydroxyl groups is 1. The van der Waals surface area contributed by atoms with Gasteiger partial charge >= 0.3 is 5.97 Å². The smallest absolute Gasteiger partial charge is 0.311 e. The zero-order chi connectivity index (χ0) is 16.9. The van der Waals surface area contributed by atoms with E-state index in [1.807, 2.05) is 0 Å². The summed E-state index contributed by atoms with van der Waals surface area (Å²) in [6.45, 7) is 7.35. The van der Waals surface area contributed by atoms with Crippen LogP contribution in [0.2, 0.25) is 0 Å². The average Bonchev–Trinajstić information content (AvgIpc) is 2.96. The third-order valence-electron chi connectivity index (χ3n) is 8.96. The van der Waals surface area contributed by atoms with Gasteiger partial charge in [0.05, 0.1) is 5.92 Å². The maximum atomic E-state index is 12.3. The van der Waals surface area contributed by atoms with Crippen molar-refractivity contribution in [2.75, 3.05) is 0 Å². The predicted octanol–water partition coefficient (Wildman–Crippen LogP) is 3.47. The van der Waals surface area contributed by atoms with Crippen LogP contribution in [0.3, 0.4) is 0 Å². The number of carbonyl (C=O) groups is 1. The van der Waals surface area contributed by atoms with Gasteiger partial charge in [-0.3, -0.25) is 4.79 Å². The van der Waals surface area contributed by atoms with Crippen molar-refractivity contribution in [1.82, 2.24) is 0 Å². The lowest BCUT2D eigenvalue weighted by atomic mass is 9.38. The maximum absolute atomic E-state index is 12.3. The molecule has 2 aliphatic heterocycles. The van der Waals surface area contributed by atoms with Gasteiger partial charge in [0.1, 0.15) is 0 Å². The molecule has 2 saturated heterocycles. The molecule has 0 aromatic heterocycles. The van der Waals surface area contributed by atoms with Gasteiger partial charge in [0, 0.05) is 11.3 Å². The van der Waals surface area contributed by atoms with Gasteiger partial charge in [-0.15, -0.1) is 0 Å². The molecule has 8 atom stereocenters. The van der Waals surface area contributed by atoms with E-state index in [0.29, 0.717) is 17.3 Å². The summed E-state index contributed by atoms with van der Waals surface area (Å²) in [7, 11) is 0. The number of esters is 1. The van der Waals surface area contributed by atoms with Crippen LogP contribution in [-0.2, 0) is 14.3 Å². The number of carbonyl (C=O) groups excluding carboxylic acids is 1. The van der Waals surface area contributed by atoms with Crippen LogP contribution in [0.5, 0.6) is 0 Å². The van der Waals surface area contributed by atoms with Crippen molar-refractivity contribution < 1.29 is 19.4 Å². The Labute approximate surface area is 144 Å². The quantitative estimate of drug-likeness (QED) is 0.689. The lowest BCUT2D eigenvalue weighted by Crippen LogP contribution is -2.62. The van der Waals surface area contributed by atoms with Crippen LogP contribution in [0.1, 0.15) is 65.7 Å². The van der Waals surface area contributed by atoms with E-state index in [0.717, 1.165) is 25.7 Å². The van der Waals surface area contributed by atoms with Crippen LogP contribution in [0.4, 0.5) is 0 Å². The first kappa shape index (κ1) is 15.6. The van der Waals surface area contributed by atoms with Gasteiger partial charge in [-0.2, -0.15) is 0 Å². The zero-order valence-electron chi connectivity index (χ0n) is 15.1. The molecule has 24 heavy (non-hydrogen) atoms. The lowest BCUT2D eigenvalue weighted by molar-refractivity contribution is -0.241. The first-order valence-electron chi connectivity index (χ1n) is 9.85. The number of rotatable bonds is 0. The molecule has 3 saturated carbocycles. The average molecular weight is 334 g/mol. The topological polar surface area (TPSA) is 55.8 Å². The second-order valence-electron chi connectivity index (χ2n) is 10.1. The van der Waals surface area contributed by atoms with Gasteiger partial charge < -0.3 is 14.6 Å². The Morgan fingerprint density at radius 2 is 1.83 bits per heavy atom. The Morgan fingerprint density at radius 3 is 2.62 bits per heavy atom. The molecule has 0 amide bonds. The number of aliphatic hydroxyl groups excluding tert-OH is 1. The summed E-state index contributed by atoms with van der Waals surface area (Å²) in [6, 6.07) is 0. The highest BCUT2D eigenvalue weighted by Crippen LogP contribution is 2.73. The molecule has 1 spiro atoms. The molecule has 2 heterocycles. The van der Waals surface area contributed by atoms with Gasteiger partial charge in [0.15, 0.2) is 6.29 Å². The zero-order valence-corrected chi connectivity index (χ0v) is 15.1. The van der Waals surface area contributed by atoms with Crippen LogP contribution in [-0.4, -0.2) is 23.7 Å². The van der Waals surface area contributed by atoms with Crippen LogP contribution in [0.25, 0.3) is 0 Å². The molecule has 5 fully saturated rings. The molecule has 3 aliphatic carbocycles. The minimum absolute atomic E-state index is 0.0554. The summed E-state index contributed by atoms with van der Waals surface area (Å²) >= 11 is 0. The fourth-order valence-corrected chi connectivity index (χ4v) is 8.19. The number of hydrogen-bond donors (Lipinski definition) is 1. The molecule has 1 N–H and O–H groups in total. The molecule has 0 aromatic carbocycles. The second-order valence-corrected chi connectivity index (χ2v) is 10.1. The predicted molar refractivity (Wildman–Crippen MR) is 87.6 cm³/mol. The maximum Gasteiger partial charge on any atom is 0.311 e. The molecule has 0 aromatic rings. The summed E-state index contributed by atoms with van der Waals surface area (Å²) in [5, 5.41) is 10.9. The molecule has 0 radical (unpaired) electrons. The van der Waals surface area contributed by atoms with Gasteiger partial charge in [0.2, 0.25) is 6.29 Å². The molecule has 5 aliphatic rings. The fourth-order valence-electron chi connectivity index (χ4n) is 8.19. The summed E-state index contributed by atoms with van der Waals surface area (Å²) in [4.78, 5) is 12.3. The monoisotopic (exact) mass is 334 g/mol. The van der Waals surface area contributed by atoms with Crippen molar-refractivity contribution in [3.8, 4) is 0 Å². The molecule has 5 rings (SSSR count). The van der Waals surface area contributed by atoms with E-state index in [1.165, 1.54) is 19.3 Å². The lowest BCUT2D eigenvalue weighted by Gasteiger charge is -2.65. The van der Waals surface area contributed by atoms with E-state index in [1.54, 1.807) is 0 Å². The van der Waals surface area contributed by atoms with Crippen LogP contribution >= 0.6 is 0 Å². The largest absolute Gasteiger partial charge is 0.435 e. The van der Waals surface area contributed by atoms with Crippen molar-refractivity contribution in [3.63, 3.8) is 0 Å². The standard InChI is InChI=1S/C20H30O4/c1-18(2)8-4-9-19(3)12(18)7-10-20-13(19)6-5-11-14(20)16(23-15(11)21)24-17(20)22/h11-14,16-17,22H,4-10H2,1-3H3/t11?,12-,13?,14-,16?,17+,19-,20?/m0/s1. The van der Waals surface area contributed by atoms with Gasteiger partial charge in [-0.05, 0) is 61.2 Å². The minimum atomic E-state index is -0.767. The molecule has 4 nitrogen and oxygen atoms in total. The van der Waals surface area contributed by atoms with Gasteiger partial charge in [-0.25, -0.2) is 0 Å². The molecular formula is C20H30O4. The second kappa shape index (κ2) is 4.56. The van der Waals surface area contributed by atoms with Crippen LogP contribution < -0.4 is 0 Å². The van der Waals surface area contributed by atoms with E-state index in [-0.39, 0.29) is 28.6 Å². The van der Waals surface area contributed by atoms with Crippen molar-refractivity contribution in [2.24, 2.45) is 39.9 Å². The molecule has 4 heteroatoms. The fraction of sp³-hybridized carbons (Fsp3) is 0.950. The van der Waals surface area contributed by atoms with Gasteiger partial charge in [0.25, 0.3) is 0 Å². The third-order valence-corrected chi connectivity index (χ3v) is 8.96. The van der Waals surface area contributed by atoms with Crippen molar-refractivity contribution in [3.05, 3.63) is 0 Å². The molecular weight excluding hydrogens is 304 g/mol. The third kappa shape index (κ3) is 1.61. The van der Waals surface area contributed by atoms with Crippen molar-refractivity contribution in [2.45, 2.75) is 78.3 Å². The van der Waals surface area contributed by atoms with Crippen molar-refractivity contribution >= 4 is 5.97 Å². The molecule has 4 unspecified atom stereocenters. The molecule has 0 bridgehead atoms. The van der Waals surface area contributed by atoms with E-state index in [2.05, 4.69) is 20.8 Å². The van der Waals surface area contributed by atoms with Gasteiger partial charge in [-0.1, -0.05) is 27.2 Å². The van der Waals surface area contributed by atoms with E-state index in [4.69, 9.17) is 9.47 Å². The van der Waals surface area contributed by atoms with E-state index in [9.17, 15) is 9.90 Å². The highest BCUT2D eigenvalue weighted by Gasteiger charge is 2.74. The van der Waals surface area contributed by atoms with E-state index < -0.39 is 12.6 Å². The van der Waals surface area contributed by atoms with E-state index >= 15 is 0 Å². The Hall–Kier alpha value is -0.610. The van der Waals surface area contributed by atoms with Crippen LogP contribution in [0, 0.1) is 39.9 Å². The Kier molecular flexibility index (Phi) is 2.97. The summed E-state index contributed by atoms with van der Waals surface area (Å²) < 4.78 is 11.3. The minimum Gasteiger partial charge on any atom is -0.435 e. The first-order chi connectivity index (χ1) is 11.3.